The van der Waals surface area contributed by atoms with Gasteiger partial charge >= 0.3 is 24.3 Å². The topological polar surface area (TPSA) is 151 Å². The van der Waals surface area contributed by atoms with Gasteiger partial charge in [0.2, 0.25) is 0 Å². The minimum absolute atomic E-state index is 0.0285. The zero-order valence-electron chi connectivity index (χ0n) is 22.4. The number of thiophene rings is 1. The van der Waals surface area contributed by atoms with Gasteiger partial charge in [0.05, 0.1) is 16.3 Å². The molecule has 1 aromatic carbocycles. The Bertz CT molecular complexity index is 1650. The number of hydrogen-bond donors (Lipinski definition) is 3. The first kappa shape index (κ1) is 32.2. The molecule has 3 aromatic heterocycles. The molecule has 1 aliphatic heterocycles. The Hall–Kier alpha value is -4.74. The van der Waals surface area contributed by atoms with Crippen LogP contribution in [-0.2, 0) is 16.6 Å². The van der Waals surface area contributed by atoms with E-state index in [9.17, 15) is 31.1 Å². The van der Waals surface area contributed by atoms with Gasteiger partial charge in [-0.15, -0.1) is 11.3 Å². The fourth-order valence-electron chi connectivity index (χ4n) is 5.03. The van der Waals surface area contributed by atoms with E-state index in [0.29, 0.717) is 17.5 Å². The average Bonchev–Trinajstić information content (AvgIpc) is 3.73. The monoisotopic (exact) mass is 644 g/mol. The van der Waals surface area contributed by atoms with E-state index in [1.807, 2.05) is 6.07 Å². The van der Waals surface area contributed by atoms with Gasteiger partial charge in [-0.3, -0.25) is 9.48 Å². The molecule has 3 atom stereocenters. The molecule has 0 bridgehead atoms. The molecular formula is C26H22F6N6O5S. The fraction of sp³-hybridized carbons (Fsp3) is 0.308. The highest BCUT2D eigenvalue weighted by Gasteiger charge is 2.47. The van der Waals surface area contributed by atoms with Gasteiger partial charge in [0.25, 0.3) is 5.91 Å². The Morgan fingerprint density at radius 3 is 2.11 bits per heavy atom. The van der Waals surface area contributed by atoms with Crippen molar-refractivity contribution in [1.29, 1.82) is 0 Å². The van der Waals surface area contributed by atoms with Crippen LogP contribution in [-0.4, -0.2) is 73.2 Å². The van der Waals surface area contributed by atoms with E-state index in [2.05, 4.69) is 54.9 Å². The molecule has 6 rings (SSSR count). The summed E-state index contributed by atoms with van der Waals surface area (Å²) in [5, 5.41) is 23.7. The molecular weight excluding hydrogens is 622 g/mol. The molecule has 1 amide bonds. The van der Waals surface area contributed by atoms with E-state index >= 15 is 0 Å². The number of anilines is 1. The van der Waals surface area contributed by atoms with Crippen LogP contribution in [0.25, 0.3) is 10.2 Å². The summed E-state index contributed by atoms with van der Waals surface area (Å²) in [5.74, 6) is -3.94. The third kappa shape index (κ3) is 6.90. The number of hydrogen-bond acceptors (Lipinski definition) is 8. The molecule has 44 heavy (non-hydrogen) atoms. The first-order valence-corrected chi connectivity index (χ1v) is 13.4. The van der Waals surface area contributed by atoms with E-state index in [4.69, 9.17) is 19.8 Å². The van der Waals surface area contributed by atoms with E-state index in [0.717, 1.165) is 29.1 Å². The lowest BCUT2D eigenvalue weighted by Gasteiger charge is -2.23. The smallest absolute Gasteiger partial charge is 0.475 e. The number of carbonyl (C=O) groups is 3. The first-order valence-electron chi connectivity index (χ1n) is 12.5. The summed E-state index contributed by atoms with van der Waals surface area (Å²) in [6, 6.07) is 12.3. The van der Waals surface area contributed by atoms with Crippen molar-refractivity contribution in [2.75, 3.05) is 18.0 Å². The average molecular weight is 645 g/mol. The highest BCUT2D eigenvalue weighted by molar-refractivity contribution is 7.17. The summed E-state index contributed by atoms with van der Waals surface area (Å²) >= 11 is 1.68. The van der Waals surface area contributed by atoms with Gasteiger partial charge in [-0.1, -0.05) is 24.3 Å². The van der Waals surface area contributed by atoms with Gasteiger partial charge < -0.3 is 20.4 Å². The van der Waals surface area contributed by atoms with Crippen LogP contribution in [0.1, 0.15) is 33.6 Å². The summed E-state index contributed by atoms with van der Waals surface area (Å²) in [4.78, 5) is 42.1. The van der Waals surface area contributed by atoms with Crippen molar-refractivity contribution in [2.45, 2.75) is 24.3 Å². The maximum absolute atomic E-state index is 13.0. The Morgan fingerprint density at radius 2 is 1.55 bits per heavy atom. The second kappa shape index (κ2) is 12.5. The molecule has 1 saturated heterocycles. The van der Waals surface area contributed by atoms with Crippen LogP contribution in [0.15, 0.2) is 54.3 Å². The standard InChI is InChI=1S/C22H20N6OS.2C2HF3O2/c1-27-18(6-8-25-27)22(29)26-19-14-5-3-2-4-13(14)15-10-28(11-16(15)19)21-20-17(7-9-30-20)23-12-24-21;2*3-2(4,5)1(6)7/h2-9,12,15-16,19H,10-11H2,1H3,(H,26,29);2*(H,6,7)/t15-,16-,19+;;/m0../s1. The van der Waals surface area contributed by atoms with Crippen LogP contribution in [0.2, 0.25) is 0 Å². The number of benzene rings is 1. The molecule has 18 heteroatoms. The predicted octanol–water partition coefficient (Wildman–Crippen LogP) is 4.40. The highest BCUT2D eigenvalue weighted by atomic mass is 32.1. The summed E-state index contributed by atoms with van der Waals surface area (Å²) < 4.78 is 66.2. The number of carbonyl (C=O) groups excluding carboxylic acids is 1. The van der Waals surface area contributed by atoms with Crippen LogP contribution in [0.3, 0.4) is 0 Å². The second-order valence-electron chi connectivity index (χ2n) is 9.53. The van der Waals surface area contributed by atoms with Crippen LogP contribution >= 0.6 is 11.3 Å². The predicted molar refractivity (Wildman–Crippen MR) is 143 cm³/mol. The number of aromatic nitrogens is 4. The van der Waals surface area contributed by atoms with Crippen molar-refractivity contribution >= 4 is 45.2 Å². The first-order chi connectivity index (χ1) is 20.6. The Balaban J connectivity index is 0.000000265. The minimum atomic E-state index is -5.08. The van der Waals surface area contributed by atoms with Crippen molar-refractivity contribution in [3.63, 3.8) is 0 Å². The number of amides is 1. The Morgan fingerprint density at radius 1 is 0.932 bits per heavy atom. The number of nitrogens with one attached hydrogen (secondary N) is 1. The van der Waals surface area contributed by atoms with Crippen LogP contribution < -0.4 is 10.2 Å². The van der Waals surface area contributed by atoms with E-state index in [1.165, 1.54) is 11.1 Å². The lowest BCUT2D eigenvalue weighted by molar-refractivity contribution is -0.193. The molecule has 1 aliphatic carbocycles. The number of rotatable bonds is 3. The number of halogens is 6. The zero-order chi connectivity index (χ0) is 32.4. The van der Waals surface area contributed by atoms with E-state index < -0.39 is 24.3 Å². The third-order valence-corrected chi connectivity index (χ3v) is 7.77. The molecule has 0 spiro atoms. The SMILES string of the molecule is Cn1nccc1C(=O)N[C@@H]1c2ccccc2[C@@H]2CN(c3ncnc4ccsc34)C[C@H]12.O=C(O)C(F)(F)F.O=C(O)C(F)(F)F. The minimum Gasteiger partial charge on any atom is -0.475 e. The third-order valence-electron chi connectivity index (χ3n) is 6.87. The second-order valence-corrected chi connectivity index (χ2v) is 10.4. The highest BCUT2D eigenvalue weighted by Crippen LogP contribution is 2.50. The van der Waals surface area contributed by atoms with Crippen LogP contribution in [0.4, 0.5) is 32.2 Å². The number of fused-ring (bicyclic) bond motifs is 4. The quantitative estimate of drug-likeness (QED) is 0.276. The van der Waals surface area contributed by atoms with Crippen LogP contribution in [0.5, 0.6) is 0 Å². The van der Waals surface area contributed by atoms with Gasteiger partial charge in [0, 0.05) is 38.2 Å². The Kier molecular flexibility index (Phi) is 9.12. The molecule has 4 aromatic rings. The normalized spacial score (nSPS) is 18.8. The maximum atomic E-state index is 13.0. The van der Waals surface area contributed by atoms with Gasteiger partial charge in [0.15, 0.2) is 0 Å². The molecule has 2 aliphatic rings. The number of carboxylic acids is 2. The molecule has 3 N–H and O–H groups in total. The van der Waals surface area contributed by atoms with Crippen molar-refractivity contribution in [2.24, 2.45) is 13.0 Å². The molecule has 0 unspecified atom stereocenters. The van der Waals surface area contributed by atoms with Gasteiger partial charge in [-0.25, -0.2) is 19.6 Å². The molecule has 234 valence electrons. The fourth-order valence-corrected chi connectivity index (χ4v) is 5.89. The zero-order valence-corrected chi connectivity index (χ0v) is 23.2. The van der Waals surface area contributed by atoms with Crippen molar-refractivity contribution in [3.05, 3.63) is 71.1 Å². The molecule has 0 radical (unpaired) electrons. The number of nitrogens with zero attached hydrogens (tertiary/aromatic N) is 5. The summed E-state index contributed by atoms with van der Waals surface area (Å²) in [5.41, 5.74) is 4.12. The van der Waals surface area contributed by atoms with E-state index in [1.54, 1.807) is 41.7 Å². The van der Waals surface area contributed by atoms with Gasteiger partial charge in [-0.05, 0) is 28.6 Å². The largest absolute Gasteiger partial charge is 0.490 e. The molecule has 0 saturated carbocycles. The summed E-state index contributed by atoms with van der Waals surface area (Å²) in [6.45, 7) is 1.74. The maximum Gasteiger partial charge on any atom is 0.490 e. The lowest BCUT2D eigenvalue weighted by Crippen LogP contribution is -2.34. The number of alkyl halides is 6. The van der Waals surface area contributed by atoms with E-state index in [-0.39, 0.29) is 11.9 Å². The molecule has 4 heterocycles. The van der Waals surface area contributed by atoms with Gasteiger partial charge in [0.1, 0.15) is 17.8 Å². The summed E-state index contributed by atoms with van der Waals surface area (Å²) in [7, 11) is 1.79. The number of aryl methyl sites for hydroxylation is 1. The molecule has 11 nitrogen and oxygen atoms in total. The molecule has 1 fully saturated rings. The van der Waals surface area contributed by atoms with Crippen molar-refractivity contribution in [1.82, 2.24) is 25.1 Å². The van der Waals surface area contributed by atoms with Crippen molar-refractivity contribution in [3.8, 4) is 0 Å². The number of aliphatic carboxylic acids is 2. The lowest BCUT2D eigenvalue weighted by atomic mass is 9.94. The van der Waals surface area contributed by atoms with Gasteiger partial charge in [-0.2, -0.15) is 31.4 Å². The summed E-state index contributed by atoms with van der Waals surface area (Å²) in [6.07, 6.45) is -6.87. The van der Waals surface area contributed by atoms with Crippen LogP contribution in [0, 0.1) is 5.92 Å². The number of carboxylic acid groups (broad SMARTS) is 2. The van der Waals surface area contributed by atoms with Crippen molar-refractivity contribution < 1.29 is 50.9 Å². The Labute approximate surface area is 247 Å².